The number of amides is 3. The molecule has 15 heteroatoms. The van der Waals surface area contributed by atoms with Gasteiger partial charge in [0.15, 0.2) is 5.71 Å². The topological polar surface area (TPSA) is 184 Å². The fraction of sp³-hybridized carbons (Fsp3) is 0.405. The van der Waals surface area contributed by atoms with Gasteiger partial charge in [0.25, 0.3) is 21.9 Å². The van der Waals surface area contributed by atoms with E-state index in [9.17, 15) is 40.3 Å². The standard InChI is InChI=1S/C37H44N4O9S2/c1-6-39-29-16-14-25(51(45,46)47)23-27(29)36(2,3)31(39)11-10-12-32-37(4,5)28-24-26(52(48,49)50)15-17-30(28)40(32)21-9-7-8-13-33(42)38-20-22-41-34(43)18-19-35(41)44/h10-12,14-19,23-24H,6-9,13,20-22H2,1-5H3,(H2-,38,42,45,46,47,48,49,50). The van der Waals surface area contributed by atoms with E-state index in [2.05, 4.69) is 14.8 Å². The summed E-state index contributed by atoms with van der Waals surface area (Å²) in [7, 11) is -9.08. The number of benzene rings is 2. The summed E-state index contributed by atoms with van der Waals surface area (Å²) < 4.78 is 71.5. The van der Waals surface area contributed by atoms with E-state index in [1.54, 1.807) is 12.1 Å². The Morgan fingerprint density at radius 3 is 2.19 bits per heavy atom. The Balaban J connectivity index is 1.35. The van der Waals surface area contributed by atoms with Gasteiger partial charge in [-0.1, -0.05) is 19.9 Å². The zero-order valence-electron chi connectivity index (χ0n) is 29.9. The van der Waals surface area contributed by atoms with Crippen LogP contribution in [0.1, 0.15) is 71.4 Å². The number of anilines is 1. The molecular formula is C37H44N4O9S2. The normalized spacial score (nSPS) is 18.6. The van der Waals surface area contributed by atoms with Gasteiger partial charge in [0.2, 0.25) is 11.6 Å². The number of likely N-dealkylation sites (N-methyl/N-ethyl adjacent to an activating group) is 1. The zero-order valence-corrected chi connectivity index (χ0v) is 31.5. The maximum Gasteiger partial charge on any atom is 0.294 e. The highest BCUT2D eigenvalue weighted by Crippen LogP contribution is 2.48. The molecule has 0 spiro atoms. The van der Waals surface area contributed by atoms with Crippen molar-refractivity contribution in [2.24, 2.45) is 0 Å². The SMILES string of the molecule is CCN1/C(=C/C=C/C2=[N+](CCCCCC(=O)NCCN3C(=O)C=CC3=O)c3ccc(S(=O)(=O)O)cc3C2(C)C)C(C)(C)c2cc(S(=O)(=O)[O-])ccc21. The van der Waals surface area contributed by atoms with Crippen molar-refractivity contribution >= 4 is 55.0 Å². The van der Waals surface area contributed by atoms with E-state index in [1.165, 1.54) is 36.4 Å². The molecule has 0 aromatic heterocycles. The van der Waals surface area contributed by atoms with Gasteiger partial charge in [-0.25, -0.2) is 8.42 Å². The molecule has 3 amide bonds. The largest absolute Gasteiger partial charge is 0.744 e. The van der Waals surface area contributed by atoms with Crippen LogP contribution in [0.25, 0.3) is 0 Å². The lowest BCUT2D eigenvalue weighted by Crippen LogP contribution is -2.38. The number of hydrogen-bond acceptors (Lipinski definition) is 9. The molecule has 3 heterocycles. The number of carbonyl (C=O) groups is 3. The van der Waals surface area contributed by atoms with E-state index >= 15 is 0 Å². The summed E-state index contributed by atoms with van der Waals surface area (Å²) in [5, 5.41) is 2.75. The molecule has 278 valence electrons. The third-order valence-corrected chi connectivity index (χ3v) is 11.7. The fourth-order valence-corrected chi connectivity index (χ4v) is 8.22. The minimum absolute atomic E-state index is 0.107. The first kappa shape index (κ1) is 38.8. The number of imide groups is 1. The van der Waals surface area contributed by atoms with Gasteiger partial charge in [-0.15, -0.1) is 0 Å². The first-order valence-electron chi connectivity index (χ1n) is 17.1. The van der Waals surface area contributed by atoms with Crippen LogP contribution in [-0.4, -0.2) is 85.0 Å². The maximum atomic E-state index is 12.4. The molecule has 0 saturated carbocycles. The number of allylic oxidation sites excluding steroid dienone is 4. The molecular weight excluding hydrogens is 709 g/mol. The van der Waals surface area contributed by atoms with Crippen LogP contribution >= 0.6 is 0 Å². The summed E-state index contributed by atoms with van der Waals surface area (Å²) in [6.45, 7) is 11.3. The van der Waals surface area contributed by atoms with Crippen molar-refractivity contribution < 1.29 is 44.9 Å². The van der Waals surface area contributed by atoms with Gasteiger partial charge in [0.05, 0.1) is 15.2 Å². The molecule has 0 saturated heterocycles. The van der Waals surface area contributed by atoms with E-state index in [4.69, 9.17) is 0 Å². The first-order valence-corrected chi connectivity index (χ1v) is 20.0. The van der Waals surface area contributed by atoms with Crippen LogP contribution in [0.3, 0.4) is 0 Å². The summed E-state index contributed by atoms with van der Waals surface area (Å²) in [6, 6.07) is 9.01. The van der Waals surface area contributed by atoms with Crippen molar-refractivity contribution in [3.05, 3.63) is 83.6 Å². The van der Waals surface area contributed by atoms with Crippen molar-refractivity contribution in [3.63, 3.8) is 0 Å². The predicted molar refractivity (Wildman–Crippen MR) is 194 cm³/mol. The highest BCUT2D eigenvalue weighted by atomic mass is 32.2. The molecule has 3 aliphatic rings. The molecule has 0 atom stereocenters. The molecule has 2 aromatic carbocycles. The van der Waals surface area contributed by atoms with E-state index < -0.39 is 42.9 Å². The fourth-order valence-electron chi connectivity index (χ4n) is 7.22. The first-order chi connectivity index (χ1) is 24.3. The summed E-state index contributed by atoms with van der Waals surface area (Å²) in [5.41, 5.74) is 3.61. The van der Waals surface area contributed by atoms with E-state index in [0.29, 0.717) is 25.9 Å². The highest BCUT2D eigenvalue weighted by molar-refractivity contribution is 7.86. The van der Waals surface area contributed by atoms with Crippen LogP contribution < -0.4 is 10.2 Å². The van der Waals surface area contributed by atoms with Crippen LogP contribution in [0.15, 0.2) is 82.3 Å². The van der Waals surface area contributed by atoms with Crippen molar-refractivity contribution in [2.75, 3.05) is 31.1 Å². The number of unbranched alkanes of at least 4 members (excludes halogenated alkanes) is 2. The lowest BCUT2D eigenvalue weighted by molar-refractivity contribution is -0.438. The summed E-state index contributed by atoms with van der Waals surface area (Å²) in [6.07, 6.45) is 10.6. The Kier molecular flexibility index (Phi) is 10.8. The minimum Gasteiger partial charge on any atom is -0.744 e. The molecule has 0 aliphatic carbocycles. The predicted octanol–water partition coefficient (Wildman–Crippen LogP) is 4.07. The highest BCUT2D eigenvalue weighted by Gasteiger charge is 2.45. The minimum atomic E-state index is -4.64. The molecule has 13 nitrogen and oxygen atoms in total. The Morgan fingerprint density at radius 1 is 0.904 bits per heavy atom. The number of carbonyl (C=O) groups excluding carboxylic acids is 3. The molecule has 52 heavy (non-hydrogen) atoms. The van der Waals surface area contributed by atoms with Gasteiger partial charge in [-0.05, 0) is 75.6 Å². The number of hydrogen-bond donors (Lipinski definition) is 2. The summed E-state index contributed by atoms with van der Waals surface area (Å²) >= 11 is 0. The Labute approximate surface area is 304 Å². The second-order valence-electron chi connectivity index (χ2n) is 14.1. The molecule has 0 unspecified atom stereocenters. The summed E-state index contributed by atoms with van der Waals surface area (Å²) in [4.78, 5) is 38.5. The van der Waals surface area contributed by atoms with Gasteiger partial charge in [-0.2, -0.15) is 13.0 Å². The molecule has 0 radical (unpaired) electrons. The molecule has 5 rings (SSSR count). The lowest BCUT2D eigenvalue weighted by atomic mass is 9.81. The van der Waals surface area contributed by atoms with E-state index in [0.717, 1.165) is 45.2 Å². The third-order valence-electron chi connectivity index (χ3n) is 9.98. The van der Waals surface area contributed by atoms with E-state index in [-0.39, 0.29) is 35.2 Å². The third kappa shape index (κ3) is 7.68. The molecule has 0 bridgehead atoms. The van der Waals surface area contributed by atoms with Crippen molar-refractivity contribution in [1.29, 1.82) is 0 Å². The van der Waals surface area contributed by atoms with Gasteiger partial charge < -0.3 is 14.8 Å². The van der Waals surface area contributed by atoms with E-state index in [1.807, 2.05) is 52.8 Å². The number of fused-ring (bicyclic) bond motifs is 2. The zero-order chi connectivity index (χ0) is 38.2. The Hall–Kier alpha value is -4.44. The van der Waals surface area contributed by atoms with Crippen LogP contribution in [0.4, 0.5) is 11.4 Å². The molecule has 3 aliphatic heterocycles. The average Bonchev–Trinajstić information content (AvgIpc) is 3.58. The second-order valence-corrected chi connectivity index (χ2v) is 16.9. The Bertz CT molecular complexity index is 2150. The molecule has 0 fully saturated rings. The maximum absolute atomic E-state index is 12.4. The number of nitrogens with zero attached hydrogens (tertiary/aromatic N) is 3. The second kappa shape index (κ2) is 14.5. The lowest BCUT2D eigenvalue weighted by Gasteiger charge is -2.25. The van der Waals surface area contributed by atoms with Gasteiger partial charge >= 0.3 is 0 Å². The number of rotatable bonds is 14. The van der Waals surface area contributed by atoms with Gasteiger partial charge in [0.1, 0.15) is 16.7 Å². The quantitative estimate of drug-likeness (QED) is 0.123. The van der Waals surface area contributed by atoms with Crippen molar-refractivity contribution in [3.8, 4) is 0 Å². The average molecular weight is 753 g/mol. The van der Waals surface area contributed by atoms with Crippen LogP contribution in [-0.2, 0) is 45.4 Å². The van der Waals surface area contributed by atoms with Gasteiger partial charge in [0, 0.05) is 79.1 Å². The Morgan fingerprint density at radius 2 is 1.56 bits per heavy atom. The molecule has 2 aromatic rings. The van der Waals surface area contributed by atoms with Crippen LogP contribution in [0.5, 0.6) is 0 Å². The number of nitrogens with one attached hydrogen (secondary N) is 1. The monoisotopic (exact) mass is 752 g/mol. The smallest absolute Gasteiger partial charge is 0.294 e. The van der Waals surface area contributed by atoms with Crippen molar-refractivity contribution in [1.82, 2.24) is 10.2 Å². The molecule has 2 N–H and O–H groups in total. The van der Waals surface area contributed by atoms with Gasteiger partial charge in [-0.3, -0.25) is 23.8 Å². The van der Waals surface area contributed by atoms with Crippen molar-refractivity contribution in [2.45, 2.75) is 80.9 Å². The summed E-state index contributed by atoms with van der Waals surface area (Å²) in [5.74, 6) is -0.966. The van der Waals surface area contributed by atoms with Crippen LogP contribution in [0.2, 0.25) is 0 Å². The van der Waals surface area contributed by atoms with Crippen LogP contribution in [0, 0.1) is 0 Å².